The van der Waals surface area contributed by atoms with Crippen LogP contribution in [-0.4, -0.2) is 23.7 Å². The van der Waals surface area contributed by atoms with Crippen LogP contribution in [0.4, 0.5) is 5.82 Å². The van der Waals surface area contributed by atoms with E-state index in [-0.39, 0.29) is 5.60 Å². The Kier molecular flexibility index (Phi) is 4.94. The minimum Gasteiger partial charge on any atom is -0.384 e. The van der Waals surface area contributed by atoms with Gasteiger partial charge in [-0.3, -0.25) is 0 Å². The fraction of sp³-hybridized carbons (Fsp3) is 0.733. The van der Waals surface area contributed by atoms with Gasteiger partial charge in [-0.25, -0.2) is 9.97 Å². The summed E-state index contributed by atoms with van der Waals surface area (Å²) in [4.78, 5) is 9.06. The number of rotatable bonds is 5. The van der Waals surface area contributed by atoms with Gasteiger partial charge in [-0.2, -0.15) is 0 Å². The lowest BCUT2D eigenvalue weighted by atomic mass is 9.78. The number of nitrogens with two attached hydrogens (primary N) is 1. The molecular formula is C15H25N3O2. The summed E-state index contributed by atoms with van der Waals surface area (Å²) in [5, 5.41) is 0. The highest BCUT2D eigenvalue weighted by atomic mass is 16.5. The van der Waals surface area contributed by atoms with E-state index in [0.717, 1.165) is 43.1 Å². The Hall–Kier alpha value is -1.20. The molecule has 1 heterocycles. The molecule has 20 heavy (non-hydrogen) atoms. The molecule has 0 unspecified atom stereocenters. The molecule has 1 aromatic heterocycles. The summed E-state index contributed by atoms with van der Waals surface area (Å²) in [5.41, 5.74) is 6.35. The summed E-state index contributed by atoms with van der Waals surface area (Å²) < 4.78 is 11.2. The van der Waals surface area contributed by atoms with Crippen LogP contribution >= 0.6 is 0 Å². The van der Waals surface area contributed by atoms with Gasteiger partial charge in [0.05, 0.1) is 12.3 Å². The van der Waals surface area contributed by atoms with Crippen LogP contribution in [0.5, 0.6) is 0 Å². The zero-order chi connectivity index (χ0) is 14.6. The topological polar surface area (TPSA) is 70.3 Å². The number of hydrogen-bond acceptors (Lipinski definition) is 5. The van der Waals surface area contributed by atoms with Gasteiger partial charge in [0, 0.05) is 19.8 Å². The lowest BCUT2D eigenvalue weighted by Gasteiger charge is -2.38. The number of hydrogen-bond donors (Lipinski definition) is 1. The fourth-order valence-electron chi connectivity index (χ4n) is 2.88. The average Bonchev–Trinajstić information content (AvgIpc) is 2.42. The zero-order valence-corrected chi connectivity index (χ0v) is 12.7. The number of aromatic nitrogens is 2. The quantitative estimate of drug-likeness (QED) is 0.897. The van der Waals surface area contributed by atoms with Crippen molar-refractivity contribution >= 4 is 5.82 Å². The van der Waals surface area contributed by atoms with Crippen LogP contribution < -0.4 is 5.73 Å². The number of methoxy groups -OCH3 is 1. The summed E-state index contributed by atoms with van der Waals surface area (Å²) in [6.45, 7) is 5.40. The molecule has 5 nitrogen and oxygen atoms in total. The summed E-state index contributed by atoms with van der Waals surface area (Å²) in [6, 6.07) is 1.76. The second kappa shape index (κ2) is 6.50. The molecule has 0 bridgehead atoms. The molecule has 5 heteroatoms. The van der Waals surface area contributed by atoms with E-state index in [1.54, 1.807) is 13.2 Å². The number of nitrogens with zero attached hydrogens (tertiary/aromatic N) is 2. The standard InChI is InChI=1S/C15H25N3O2/c1-4-20-15(7-5-11(2)6-8-15)14-17-12(10-19-3)9-13(16)18-14/h9,11H,4-8,10H2,1-3H3,(H2,16,17,18). The van der Waals surface area contributed by atoms with Gasteiger partial charge < -0.3 is 15.2 Å². The Morgan fingerprint density at radius 2 is 2.05 bits per heavy atom. The molecule has 1 aliphatic carbocycles. The first-order chi connectivity index (χ1) is 9.59. The molecule has 1 aliphatic rings. The third-order valence-corrected chi connectivity index (χ3v) is 4.00. The first-order valence-corrected chi connectivity index (χ1v) is 7.36. The van der Waals surface area contributed by atoms with Crippen molar-refractivity contribution in [3.63, 3.8) is 0 Å². The van der Waals surface area contributed by atoms with Crippen molar-refractivity contribution < 1.29 is 9.47 Å². The Morgan fingerprint density at radius 3 is 2.65 bits per heavy atom. The van der Waals surface area contributed by atoms with Gasteiger partial charge in [-0.15, -0.1) is 0 Å². The van der Waals surface area contributed by atoms with Crippen LogP contribution in [0, 0.1) is 5.92 Å². The molecule has 2 rings (SSSR count). The van der Waals surface area contributed by atoms with Crippen molar-refractivity contribution in [2.24, 2.45) is 5.92 Å². The van der Waals surface area contributed by atoms with Crippen LogP contribution in [-0.2, 0) is 21.7 Å². The van der Waals surface area contributed by atoms with E-state index in [4.69, 9.17) is 15.2 Å². The minimum absolute atomic E-state index is 0.376. The van der Waals surface area contributed by atoms with Crippen molar-refractivity contribution in [3.8, 4) is 0 Å². The highest BCUT2D eigenvalue weighted by Gasteiger charge is 2.39. The lowest BCUT2D eigenvalue weighted by molar-refractivity contribution is -0.0838. The molecule has 0 radical (unpaired) electrons. The van der Waals surface area contributed by atoms with E-state index < -0.39 is 0 Å². The van der Waals surface area contributed by atoms with Gasteiger partial charge in [0.15, 0.2) is 5.82 Å². The summed E-state index contributed by atoms with van der Waals surface area (Å²) in [6.07, 6.45) is 4.19. The molecule has 0 aliphatic heterocycles. The minimum atomic E-state index is -0.376. The SMILES string of the molecule is CCOC1(c2nc(N)cc(COC)n2)CCC(C)CC1. The van der Waals surface area contributed by atoms with Crippen LogP contribution in [0.3, 0.4) is 0 Å². The third kappa shape index (κ3) is 3.27. The maximum atomic E-state index is 6.07. The smallest absolute Gasteiger partial charge is 0.162 e. The second-order valence-electron chi connectivity index (χ2n) is 5.65. The molecule has 0 saturated heterocycles. The summed E-state index contributed by atoms with van der Waals surface area (Å²) in [7, 11) is 1.65. The predicted octanol–water partition coefficient (Wildman–Crippen LogP) is 2.65. The van der Waals surface area contributed by atoms with Crippen molar-refractivity contribution in [1.29, 1.82) is 0 Å². The summed E-state index contributed by atoms with van der Waals surface area (Å²) >= 11 is 0. The molecule has 1 saturated carbocycles. The Bertz CT molecular complexity index is 443. The van der Waals surface area contributed by atoms with E-state index in [2.05, 4.69) is 16.9 Å². The molecule has 1 fully saturated rings. The monoisotopic (exact) mass is 279 g/mol. The van der Waals surface area contributed by atoms with E-state index in [1.165, 1.54) is 0 Å². The van der Waals surface area contributed by atoms with Gasteiger partial charge in [0.1, 0.15) is 11.4 Å². The molecule has 0 amide bonds. The highest BCUT2D eigenvalue weighted by molar-refractivity contribution is 5.31. The van der Waals surface area contributed by atoms with Crippen molar-refractivity contribution in [3.05, 3.63) is 17.6 Å². The van der Waals surface area contributed by atoms with Gasteiger partial charge in [0.2, 0.25) is 0 Å². The van der Waals surface area contributed by atoms with Crippen LogP contribution in [0.2, 0.25) is 0 Å². The first kappa shape index (κ1) is 15.2. The van der Waals surface area contributed by atoms with E-state index in [9.17, 15) is 0 Å². The maximum absolute atomic E-state index is 6.07. The largest absolute Gasteiger partial charge is 0.384 e. The molecule has 0 aromatic carbocycles. The summed E-state index contributed by atoms with van der Waals surface area (Å²) in [5.74, 6) is 1.95. The highest BCUT2D eigenvalue weighted by Crippen LogP contribution is 2.41. The van der Waals surface area contributed by atoms with Crippen LogP contribution in [0.1, 0.15) is 51.0 Å². The molecule has 1 aromatic rings. The normalized spacial score (nSPS) is 26.6. The molecule has 2 N–H and O–H groups in total. The molecule has 0 atom stereocenters. The zero-order valence-electron chi connectivity index (χ0n) is 12.7. The molecule has 112 valence electrons. The third-order valence-electron chi connectivity index (χ3n) is 4.00. The molecule has 0 spiro atoms. The fourth-order valence-corrected chi connectivity index (χ4v) is 2.88. The van der Waals surface area contributed by atoms with E-state index in [1.807, 2.05) is 6.92 Å². The van der Waals surface area contributed by atoms with Crippen molar-refractivity contribution in [2.45, 2.75) is 51.7 Å². The number of ether oxygens (including phenoxy) is 2. The van der Waals surface area contributed by atoms with Crippen molar-refractivity contribution in [2.75, 3.05) is 19.5 Å². The Labute approximate surface area is 120 Å². The second-order valence-corrected chi connectivity index (χ2v) is 5.65. The van der Waals surface area contributed by atoms with Crippen LogP contribution in [0.25, 0.3) is 0 Å². The lowest BCUT2D eigenvalue weighted by Crippen LogP contribution is -2.36. The molecular weight excluding hydrogens is 254 g/mol. The van der Waals surface area contributed by atoms with Crippen LogP contribution in [0.15, 0.2) is 6.07 Å². The maximum Gasteiger partial charge on any atom is 0.162 e. The number of nitrogen functional groups attached to an aromatic ring is 1. The number of anilines is 1. The van der Waals surface area contributed by atoms with E-state index in [0.29, 0.717) is 19.0 Å². The first-order valence-electron chi connectivity index (χ1n) is 7.36. The Morgan fingerprint density at radius 1 is 1.35 bits per heavy atom. The van der Waals surface area contributed by atoms with E-state index >= 15 is 0 Å². The van der Waals surface area contributed by atoms with Gasteiger partial charge in [-0.05, 0) is 38.5 Å². The predicted molar refractivity (Wildman–Crippen MR) is 78.1 cm³/mol. The van der Waals surface area contributed by atoms with Gasteiger partial charge in [0.25, 0.3) is 0 Å². The van der Waals surface area contributed by atoms with Gasteiger partial charge >= 0.3 is 0 Å². The Balaban J connectivity index is 2.33. The van der Waals surface area contributed by atoms with Gasteiger partial charge in [-0.1, -0.05) is 6.92 Å². The average molecular weight is 279 g/mol. The van der Waals surface area contributed by atoms with Crippen molar-refractivity contribution in [1.82, 2.24) is 9.97 Å².